The summed E-state index contributed by atoms with van der Waals surface area (Å²) in [6, 6.07) is 16.0. The van der Waals surface area contributed by atoms with Gasteiger partial charge in [-0.2, -0.15) is 0 Å². The average molecular weight is 393 g/mol. The molecule has 1 N–H and O–H groups in total. The predicted octanol–water partition coefficient (Wildman–Crippen LogP) is 4.59. The van der Waals surface area contributed by atoms with Gasteiger partial charge in [0.1, 0.15) is 17.2 Å². The van der Waals surface area contributed by atoms with Crippen LogP contribution in [-0.4, -0.2) is 41.6 Å². The van der Waals surface area contributed by atoms with Gasteiger partial charge in [0.15, 0.2) is 0 Å². The zero-order valence-corrected chi connectivity index (χ0v) is 17.0. The number of nitrogens with one attached hydrogen (secondary N) is 1. The summed E-state index contributed by atoms with van der Waals surface area (Å²) in [7, 11) is 0. The Balaban J connectivity index is 1.36. The minimum atomic E-state index is -0.124. The van der Waals surface area contributed by atoms with E-state index in [9.17, 15) is 4.79 Å². The number of pyridine rings is 1. The first-order chi connectivity index (χ1) is 14.2. The van der Waals surface area contributed by atoms with Gasteiger partial charge in [0, 0.05) is 37.3 Å². The van der Waals surface area contributed by atoms with Crippen LogP contribution in [0.1, 0.15) is 38.5 Å². The number of hydrogen-bond acceptors (Lipinski definition) is 4. The summed E-state index contributed by atoms with van der Waals surface area (Å²) in [5.74, 6) is 1.82. The first-order valence-corrected chi connectivity index (χ1v) is 10.4. The van der Waals surface area contributed by atoms with Crippen molar-refractivity contribution >= 4 is 22.8 Å². The number of carbonyl (C=O) groups excluding carboxylic acids is 1. The van der Waals surface area contributed by atoms with E-state index in [1.165, 1.54) is 0 Å². The quantitative estimate of drug-likeness (QED) is 0.690. The van der Waals surface area contributed by atoms with Gasteiger partial charge >= 0.3 is 6.03 Å². The number of para-hydroxylation sites is 1. The molecule has 2 amide bonds. The van der Waals surface area contributed by atoms with Gasteiger partial charge in [0.25, 0.3) is 0 Å². The summed E-state index contributed by atoms with van der Waals surface area (Å²) in [6.45, 7) is 6.43. The number of fused-ring (bicyclic) bond motifs is 1. The van der Waals surface area contributed by atoms with Crippen molar-refractivity contribution in [3.8, 4) is 0 Å². The van der Waals surface area contributed by atoms with Crippen molar-refractivity contribution in [3.05, 3.63) is 60.5 Å². The van der Waals surface area contributed by atoms with Gasteiger partial charge in [0.2, 0.25) is 0 Å². The van der Waals surface area contributed by atoms with E-state index >= 15 is 0 Å². The Morgan fingerprint density at radius 3 is 2.69 bits per heavy atom. The number of aromatic nitrogens is 1. The fraction of sp³-hybridized carbons (Fsp3) is 0.391. The number of carbonyl (C=O) groups is 1. The van der Waals surface area contributed by atoms with Gasteiger partial charge in [-0.3, -0.25) is 0 Å². The Bertz CT molecular complexity index is 915. The molecule has 0 bridgehead atoms. The van der Waals surface area contributed by atoms with Crippen LogP contribution in [0.2, 0.25) is 0 Å². The fourth-order valence-electron chi connectivity index (χ4n) is 4.01. The molecule has 0 aliphatic carbocycles. The van der Waals surface area contributed by atoms with Gasteiger partial charge in [-0.25, -0.2) is 9.78 Å². The lowest BCUT2D eigenvalue weighted by atomic mass is 10.1. The summed E-state index contributed by atoms with van der Waals surface area (Å²) in [5.41, 5.74) is 0.854. The lowest BCUT2D eigenvalue weighted by Gasteiger charge is -2.35. The molecule has 6 nitrogen and oxygen atoms in total. The first-order valence-electron chi connectivity index (χ1n) is 10.4. The minimum Gasteiger partial charge on any atom is -0.459 e. The maximum Gasteiger partial charge on any atom is 0.318 e. The predicted molar refractivity (Wildman–Crippen MR) is 115 cm³/mol. The summed E-state index contributed by atoms with van der Waals surface area (Å²) in [5, 5.41) is 4.29. The van der Waals surface area contributed by atoms with Gasteiger partial charge in [-0.15, -0.1) is 0 Å². The molecule has 4 rings (SSSR count). The number of piperidine rings is 1. The number of furan rings is 1. The zero-order valence-electron chi connectivity index (χ0n) is 17.0. The number of nitrogens with zero attached hydrogens (tertiary/aromatic N) is 3. The largest absolute Gasteiger partial charge is 0.459 e. The molecule has 1 atom stereocenters. The zero-order chi connectivity index (χ0) is 20.2. The second-order valence-electron chi connectivity index (χ2n) is 7.55. The van der Waals surface area contributed by atoms with E-state index in [-0.39, 0.29) is 18.1 Å². The highest BCUT2D eigenvalue weighted by atomic mass is 16.3. The van der Waals surface area contributed by atoms with Crippen molar-refractivity contribution in [2.45, 2.75) is 38.8 Å². The number of benzene rings is 1. The number of urea groups is 1. The third kappa shape index (κ3) is 4.21. The number of amides is 2. The molecule has 1 unspecified atom stereocenters. The van der Waals surface area contributed by atoms with Gasteiger partial charge in [-0.05, 0) is 51.0 Å². The highest BCUT2D eigenvalue weighted by Gasteiger charge is 2.27. The summed E-state index contributed by atoms with van der Waals surface area (Å²) >= 11 is 0. The molecule has 152 valence electrons. The highest BCUT2D eigenvalue weighted by molar-refractivity contribution is 5.78. The Hall–Kier alpha value is -3.02. The van der Waals surface area contributed by atoms with E-state index in [2.05, 4.69) is 15.2 Å². The van der Waals surface area contributed by atoms with E-state index in [0.29, 0.717) is 6.54 Å². The lowest BCUT2D eigenvalue weighted by Crippen LogP contribution is -2.49. The molecule has 1 aromatic carbocycles. The fourth-order valence-corrected chi connectivity index (χ4v) is 4.01. The van der Waals surface area contributed by atoms with E-state index in [1.807, 2.05) is 73.5 Å². The van der Waals surface area contributed by atoms with Gasteiger partial charge < -0.3 is 19.5 Å². The van der Waals surface area contributed by atoms with E-state index < -0.39 is 0 Å². The molecule has 0 spiro atoms. The third-order valence-corrected chi connectivity index (χ3v) is 5.72. The van der Waals surface area contributed by atoms with E-state index in [1.54, 1.807) is 0 Å². The smallest absolute Gasteiger partial charge is 0.318 e. The third-order valence-electron chi connectivity index (χ3n) is 5.72. The van der Waals surface area contributed by atoms with Crippen LogP contribution in [0, 0.1) is 0 Å². The Morgan fingerprint density at radius 2 is 2.00 bits per heavy atom. The second-order valence-corrected chi connectivity index (χ2v) is 7.55. The molecule has 0 saturated carbocycles. The van der Waals surface area contributed by atoms with Crippen molar-refractivity contribution < 1.29 is 9.21 Å². The maximum atomic E-state index is 13.0. The van der Waals surface area contributed by atoms with Crippen molar-refractivity contribution in [1.82, 2.24) is 15.2 Å². The molecule has 29 heavy (non-hydrogen) atoms. The summed E-state index contributed by atoms with van der Waals surface area (Å²) in [4.78, 5) is 21.5. The van der Waals surface area contributed by atoms with Gasteiger partial charge in [0.05, 0.1) is 6.04 Å². The van der Waals surface area contributed by atoms with Crippen LogP contribution in [0.3, 0.4) is 0 Å². The molecule has 1 aliphatic rings. The highest BCUT2D eigenvalue weighted by Crippen LogP contribution is 2.27. The van der Waals surface area contributed by atoms with E-state index in [4.69, 9.17) is 4.42 Å². The molecule has 1 saturated heterocycles. The Kier molecular flexibility index (Phi) is 5.69. The molecule has 1 fully saturated rings. The molecular formula is C23H28N4O2. The molecule has 6 heteroatoms. The molecule has 0 radical (unpaired) electrons. The molecule has 1 aliphatic heterocycles. The van der Waals surface area contributed by atoms with Crippen molar-refractivity contribution in [2.24, 2.45) is 0 Å². The number of rotatable bonds is 5. The van der Waals surface area contributed by atoms with Crippen LogP contribution in [0.4, 0.5) is 10.6 Å². The van der Waals surface area contributed by atoms with Gasteiger partial charge in [-0.1, -0.05) is 24.3 Å². The normalized spacial score (nSPS) is 16.0. The van der Waals surface area contributed by atoms with Crippen molar-refractivity contribution in [1.29, 1.82) is 0 Å². The minimum absolute atomic E-state index is 0.0308. The molecule has 3 aromatic rings. The SMILES string of the molecule is CCN(C(=O)NC1CCN(c2ccccn2)CC1)C(C)c1cc2ccccc2o1. The maximum absolute atomic E-state index is 13.0. The summed E-state index contributed by atoms with van der Waals surface area (Å²) in [6.07, 6.45) is 3.65. The second kappa shape index (κ2) is 8.55. The van der Waals surface area contributed by atoms with Crippen LogP contribution in [0.15, 0.2) is 59.1 Å². The monoisotopic (exact) mass is 392 g/mol. The van der Waals surface area contributed by atoms with Crippen LogP contribution in [-0.2, 0) is 0 Å². The molecule has 3 heterocycles. The van der Waals surface area contributed by atoms with Crippen LogP contribution < -0.4 is 10.2 Å². The molecule has 2 aromatic heterocycles. The van der Waals surface area contributed by atoms with Crippen LogP contribution in [0.5, 0.6) is 0 Å². The first kappa shape index (κ1) is 19.3. The number of anilines is 1. The van der Waals surface area contributed by atoms with E-state index in [0.717, 1.165) is 48.5 Å². The van der Waals surface area contributed by atoms with Crippen LogP contribution in [0.25, 0.3) is 11.0 Å². The van der Waals surface area contributed by atoms with Crippen LogP contribution >= 0.6 is 0 Å². The average Bonchev–Trinajstić information content (AvgIpc) is 3.20. The lowest BCUT2D eigenvalue weighted by molar-refractivity contribution is 0.170. The Morgan fingerprint density at radius 1 is 1.24 bits per heavy atom. The topological polar surface area (TPSA) is 61.6 Å². The van der Waals surface area contributed by atoms with Crippen molar-refractivity contribution in [2.75, 3.05) is 24.5 Å². The Labute approximate surface area is 171 Å². The molecular weight excluding hydrogens is 364 g/mol. The number of hydrogen-bond donors (Lipinski definition) is 1. The van der Waals surface area contributed by atoms with Crippen molar-refractivity contribution in [3.63, 3.8) is 0 Å². The standard InChI is InChI=1S/C23H28N4O2/c1-3-27(17(2)21-16-18-8-4-5-9-20(18)29-21)23(28)25-19-11-14-26(15-12-19)22-10-6-7-13-24-22/h4-10,13,16-17,19H,3,11-12,14-15H2,1-2H3,(H,25,28). The summed E-state index contributed by atoms with van der Waals surface area (Å²) < 4.78 is 5.98.